The van der Waals surface area contributed by atoms with Gasteiger partial charge < -0.3 is 20.7 Å². The van der Waals surface area contributed by atoms with Crippen LogP contribution in [0.5, 0.6) is 0 Å². The third-order valence-corrected chi connectivity index (χ3v) is 6.32. The second-order valence-corrected chi connectivity index (χ2v) is 9.23. The third kappa shape index (κ3) is 5.04. The van der Waals surface area contributed by atoms with E-state index < -0.39 is 5.91 Å². The number of aryl methyl sites for hydroxylation is 3. The van der Waals surface area contributed by atoms with Crippen LogP contribution < -0.4 is 15.5 Å². The third-order valence-electron chi connectivity index (χ3n) is 6.32. The molecule has 4 rings (SSSR count). The predicted molar refractivity (Wildman–Crippen MR) is 147 cm³/mol. The lowest BCUT2D eigenvalue weighted by atomic mass is 9.94. The summed E-state index contributed by atoms with van der Waals surface area (Å²) in [5.74, 6) is -0.535. The fourth-order valence-corrected chi connectivity index (χ4v) is 4.45. The molecule has 0 fully saturated rings. The standard InChI is InChI=1S/C29H31N5O3/c1-17-9-7-10-18(2)25(17)21-13-22(16-24(15-21)33(5)6)27-31-19(3)26(34(27)37)29(36)32-23-12-8-11-20(14-23)28(35)30-4/h7-16,37H,1-6H3,(H,30,35)(H,32,36). The van der Waals surface area contributed by atoms with Crippen LogP contribution in [0.3, 0.4) is 0 Å². The monoisotopic (exact) mass is 497 g/mol. The Kier molecular flexibility index (Phi) is 7.02. The molecule has 0 bridgehead atoms. The highest BCUT2D eigenvalue weighted by atomic mass is 16.5. The Morgan fingerprint density at radius 2 is 1.54 bits per heavy atom. The summed E-state index contributed by atoms with van der Waals surface area (Å²) in [7, 11) is 5.45. The molecule has 0 aliphatic heterocycles. The molecule has 0 unspecified atom stereocenters. The van der Waals surface area contributed by atoms with Crippen LogP contribution in [0.15, 0.2) is 60.7 Å². The van der Waals surface area contributed by atoms with E-state index in [0.29, 0.717) is 22.5 Å². The molecule has 0 aliphatic rings. The molecule has 0 radical (unpaired) electrons. The Balaban J connectivity index is 1.76. The molecular weight excluding hydrogens is 466 g/mol. The number of anilines is 2. The van der Waals surface area contributed by atoms with E-state index in [1.807, 2.05) is 37.2 Å². The topological polar surface area (TPSA) is 99.5 Å². The van der Waals surface area contributed by atoms with Crippen molar-refractivity contribution in [3.8, 4) is 22.5 Å². The van der Waals surface area contributed by atoms with Crippen LogP contribution in [0.4, 0.5) is 11.4 Å². The first-order valence-corrected chi connectivity index (χ1v) is 11.9. The van der Waals surface area contributed by atoms with E-state index in [-0.39, 0.29) is 17.4 Å². The Morgan fingerprint density at radius 3 is 2.19 bits per heavy atom. The highest BCUT2D eigenvalue weighted by Crippen LogP contribution is 2.35. The summed E-state index contributed by atoms with van der Waals surface area (Å²) in [6.45, 7) is 5.82. The molecule has 8 heteroatoms. The second-order valence-electron chi connectivity index (χ2n) is 9.23. The van der Waals surface area contributed by atoms with Crippen molar-refractivity contribution in [2.75, 3.05) is 31.4 Å². The van der Waals surface area contributed by atoms with E-state index >= 15 is 0 Å². The molecule has 3 aromatic carbocycles. The van der Waals surface area contributed by atoms with E-state index in [1.54, 1.807) is 38.2 Å². The minimum Gasteiger partial charge on any atom is -0.426 e. The van der Waals surface area contributed by atoms with Crippen LogP contribution in [-0.4, -0.2) is 47.9 Å². The molecule has 1 aromatic heterocycles. The summed E-state index contributed by atoms with van der Waals surface area (Å²) in [5.41, 5.74) is 7.25. The molecule has 1 heterocycles. The maximum Gasteiger partial charge on any atom is 0.277 e. The van der Waals surface area contributed by atoms with Gasteiger partial charge in [0, 0.05) is 43.6 Å². The number of amides is 2. The lowest BCUT2D eigenvalue weighted by Gasteiger charge is -2.18. The number of aromatic nitrogens is 2. The zero-order valence-electron chi connectivity index (χ0n) is 21.9. The summed E-state index contributed by atoms with van der Waals surface area (Å²) < 4.78 is 0.830. The number of carbonyl (C=O) groups excluding carboxylic acids is 2. The molecule has 8 nitrogen and oxygen atoms in total. The number of imidazole rings is 1. The summed E-state index contributed by atoms with van der Waals surface area (Å²) in [6.07, 6.45) is 0. The number of benzene rings is 3. The molecule has 4 aromatic rings. The number of carbonyl (C=O) groups is 2. The van der Waals surface area contributed by atoms with Gasteiger partial charge in [-0.1, -0.05) is 24.3 Å². The quantitative estimate of drug-likeness (QED) is 0.324. The fourth-order valence-electron chi connectivity index (χ4n) is 4.45. The molecule has 0 aliphatic carbocycles. The van der Waals surface area contributed by atoms with Crippen LogP contribution >= 0.6 is 0 Å². The van der Waals surface area contributed by atoms with Gasteiger partial charge in [-0.2, -0.15) is 4.73 Å². The van der Waals surface area contributed by atoms with Crippen molar-refractivity contribution < 1.29 is 14.8 Å². The molecule has 190 valence electrons. The van der Waals surface area contributed by atoms with Crippen LogP contribution in [0.25, 0.3) is 22.5 Å². The molecular formula is C29H31N5O3. The van der Waals surface area contributed by atoms with Crippen molar-refractivity contribution >= 4 is 23.2 Å². The largest absolute Gasteiger partial charge is 0.426 e. The molecule has 0 spiro atoms. The first-order chi connectivity index (χ1) is 17.6. The molecule has 2 amide bonds. The Bertz CT molecular complexity index is 1480. The molecule has 0 saturated heterocycles. The van der Waals surface area contributed by atoms with E-state index in [9.17, 15) is 14.8 Å². The SMILES string of the molecule is CNC(=O)c1cccc(NC(=O)c2c(C)nc(-c3cc(-c4c(C)cccc4C)cc(N(C)C)c3)n2O)c1. The van der Waals surface area contributed by atoms with Crippen molar-refractivity contribution in [2.45, 2.75) is 20.8 Å². The highest BCUT2D eigenvalue weighted by molar-refractivity contribution is 6.05. The van der Waals surface area contributed by atoms with E-state index in [1.165, 1.54) is 0 Å². The molecule has 0 saturated carbocycles. The maximum atomic E-state index is 13.2. The first kappa shape index (κ1) is 25.5. The van der Waals surface area contributed by atoms with Gasteiger partial charge in [0.25, 0.3) is 11.8 Å². The van der Waals surface area contributed by atoms with Crippen molar-refractivity contribution in [3.05, 3.63) is 88.7 Å². The first-order valence-electron chi connectivity index (χ1n) is 11.9. The average Bonchev–Trinajstić information content (AvgIpc) is 3.17. The van der Waals surface area contributed by atoms with Gasteiger partial charge in [-0.3, -0.25) is 9.59 Å². The Hall–Kier alpha value is -4.59. The highest BCUT2D eigenvalue weighted by Gasteiger charge is 2.23. The lowest BCUT2D eigenvalue weighted by Crippen LogP contribution is -2.20. The van der Waals surface area contributed by atoms with Crippen LogP contribution in [0.2, 0.25) is 0 Å². The summed E-state index contributed by atoms with van der Waals surface area (Å²) in [5, 5.41) is 16.4. The number of rotatable bonds is 6. The second kappa shape index (κ2) is 10.2. The van der Waals surface area contributed by atoms with Gasteiger partial charge in [0.15, 0.2) is 11.5 Å². The van der Waals surface area contributed by atoms with Crippen LogP contribution in [0.1, 0.15) is 37.7 Å². The zero-order valence-corrected chi connectivity index (χ0v) is 21.9. The smallest absolute Gasteiger partial charge is 0.277 e. The summed E-state index contributed by atoms with van der Waals surface area (Å²) in [6, 6.07) is 18.8. The lowest BCUT2D eigenvalue weighted by molar-refractivity contribution is 0.0956. The number of nitrogens with one attached hydrogen (secondary N) is 2. The molecule has 0 atom stereocenters. The van der Waals surface area contributed by atoms with Gasteiger partial charge in [0.1, 0.15) is 0 Å². The van der Waals surface area contributed by atoms with Gasteiger partial charge in [0.2, 0.25) is 0 Å². The Labute approximate surface area is 216 Å². The summed E-state index contributed by atoms with van der Waals surface area (Å²) >= 11 is 0. The maximum absolute atomic E-state index is 13.2. The molecule has 37 heavy (non-hydrogen) atoms. The van der Waals surface area contributed by atoms with E-state index in [4.69, 9.17) is 0 Å². The van der Waals surface area contributed by atoms with Crippen molar-refractivity contribution in [2.24, 2.45) is 0 Å². The van der Waals surface area contributed by atoms with Gasteiger partial charge >= 0.3 is 0 Å². The van der Waals surface area contributed by atoms with Crippen molar-refractivity contribution in [3.63, 3.8) is 0 Å². The number of hydrogen-bond donors (Lipinski definition) is 3. The van der Waals surface area contributed by atoms with Crippen molar-refractivity contribution in [1.29, 1.82) is 0 Å². The van der Waals surface area contributed by atoms with Gasteiger partial charge in [0.05, 0.1) is 5.69 Å². The summed E-state index contributed by atoms with van der Waals surface area (Å²) in [4.78, 5) is 31.7. The van der Waals surface area contributed by atoms with Gasteiger partial charge in [-0.05, 0) is 79.4 Å². The van der Waals surface area contributed by atoms with Crippen LogP contribution in [-0.2, 0) is 0 Å². The van der Waals surface area contributed by atoms with Crippen LogP contribution in [0, 0.1) is 20.8 Å². The van der Waals surface area contributed by atoms with Gasteiger partial charge in [-0.15, -0.1) is 0 Å². The van der Waals surface area contributed by atoms with E-state index in [0.717, 1.165) is 32.7 Å². The number of nitrogens with zero attached hydrogens (tertiary/aromatic N) is 3. The predicted octanol–water partition coefficient (Wildman–Crippen LogP) is 5.06. The van der Waals surface area contributed by atoms with Gasteiger partial charge in [-0.25, -0.2) is 4.98 Å². The minimum absolute atomic E-state index is 0.0178. The average molecular weight is 498 g/mol. The van der Waals surface area contributed by atoms with Crippen molar-refractivity contribution in [1.82, 2.24) is 15.0 Å². The Morgan fingerprint density at radius 1 is 0.892 bits per heavy atom. The zero-order chi connectivity index (χ0) is 26.9. The fraction of sp³-hybridized carbons (Fsp3) is 0.207. The molecule has 3 N–H and O–H groups in total. The number of hydrogen-bond acceptors (Lipinski definition) is 5. The normalized spacial score (nSPS) is 10.8. The minimum atomic E-state index is -0.536. The van der Waals surface area contributed by atoms with E-state index in [2.05, 4.69) is 47.7 Å².